The average molecular weight is 401 g/mol. The molecule has 0 aliphatic rings. The molecular formula is C16H21BrN2O5. The summed E-state index contributed by atoms with van der Waals surface area (Å²) in [7, 11) is 1.45. The Kier molecular flexibility index (Phi) is 8.85. The molecule has 0 atom stereocenters. The van der Waals surface area contributed by atoms with Gasteiger partial charge in [0.2, 0.25) is 5.91 Å². The van der Waals surface area contributed by atoms with Gasteiger partial charge in [-0.25, -0.2) is 5.43 Å². The zero-order valence-corrected chi connectivity index (χ0v) is 15.0. The van der Waals surface area contributed by atoms with Crippen molar-refractivity contribution in [1.82, 2.24) is 5.43 Å². The number of benzene rings is 1. The molecule has 0 aliphatic carbocycles. The van der Waals surface area contributed by atoms with Crippen molar-refractivity contribution < 1.29 is 24.5 Å². The molecule has 1 aromatic carbocycles. The Labute approximate surface area is 148 Å². The quantitative estimate of drug-likeness (QED) is 0.317. The third kappa shape index (κ3) is 7.45. The lowest BCUT2D eigenvalue weighted by molar-refractivity contribution is -0.137. The summed E-state index contributed by atoms with van der Waals surface area (Å²) < 4.78 is 5.74. The first-order chi connectivity index (χ1) is 11.4. The number of methoxy groups -OCH3 is 1. The number of phenolic OH excluding ortho intramolecular Hbond substituents is 1. The number of carboxylic acids is 1. The van der Waals surface area contributed by atoms with E-state index in [1.807, 2.05) is 0 Å². The van der Waals surface area contributed by atoms with E-state index in [1.165, 1.54) is 13.3 Å². The van der Waals surface area contributed by atoms with Gasteiger partial charge in [0.05, 0.1) is 13.3 Å². The van der Waals surface area contributed by atoms with Crippen molar-refractivity contribution >= 4 is 34.0 Å². The highest BCUT2D eigenvalue weighted by molar-refractivity contribution is 9.10. The van der Waals surface area contributed by atoms with Gasteiger partial charge in [-0.3, -0.25) is 9.59 Å². The summed E-state index contributed by atoms with van der Waals surface area (Å²) >= 11 is 3.30. The van der Waals surface area contributed by atoms with Crippen molar-refractivity contribution in [1.29, 1.82) is 0 Å². The number of carboxylic acid groups (broad SMARTS) is 1. The number of aliphatic carboxylic acids is 1. The molecule has 0 spiro atoms. The molecule has 8 heteroatoms. The lowest BCUT2D eigenvalue weighted by Gasteiger charge is -2.06. The van der Waals surface area contributed by atoms with Crippen LogP contribution in [-0.4, -0.2) is 35.4 Å². The van der Waals surface area contributed by atoms with Gasteiger partial charge in [-0.2, -0.15) is 5.10 Å². The van der Waals surface area contributed by atoms with Crippen molar-refractivity contribution in [3.05, 3.63) is 22.2 Å². The number of carbonyl (C=O) groups is 2. The van der Waals surface area contributed by atoms with Gasteiger partial charge in [0.1, 0.15) is 0 Å². The number of hydrazone groups is 1. The van der Waals surface area contributed by atoms with E-state index in [4.69, 9.17) is 9.84 Å². The van der Waals surface area contributed by atoms with Gasteiger partial charge < -0.3 is 14.9 Å². The van der Waals surface area contributed by atoms with Crippen LogP contribution in [0.25, 0.3) is 0 Å². The zero-order chi connectivity index (χ0) is 17.9. The highest BCUT2D eigenvalue weighted by atomic mass is 79.9. The fourth-order valence-electron chi connectivity index (χ4n) is 1.99. The number of hydrogen-bond donors (Lipinski definition) is 3. The smallest absolute Gasteiger partial charge is 0.303 e. The standard InChI is InChI=1S/C16H21BrN2O5/c1-24-13-9-12(17)8-11(16(13)23)10-18-19-14(20)6-4-2-3-5-7-15(21)22/h8-10,23H,2-7H2,1H3,(H,19,20)(H,21,22)/b18-10+. The van der Waals surface area contributed by atoms with E-state index in [2.05, 4.69) is 26.5 Å². The van der Waals surface area contributed by atoms with Crippen LogP contribution in [0.3, 0.4) is 0 Å². The summed E-state index contributed by atoms with van der Waals surface area (Å²) in [5.74, 6) is -0.781. The topological polar surface area (TPSA) is 108 Å². The highest BCUT2D eigenvalue weighted by Gasteiger charge is 2.08. The van der Waals surface area contributed by atoms with Crippen LogP contribution in [0, 0.1) is 0 Å². The minimum Gasteiger partial charge on any atom is -0.504 e. The van der Waals surface area contributed by atoms with E-state index in [0.29, 0.717) is 35.0 Å². The molecule has 0 fully saturated rings. The number of rotatable bonds is 10. The number of amides is 1. The van der Waals surface area contributed by atoms with Crippen LogP contribution in [0.15, 0.2) is 21.7 Å². The molecule has 0 aromatic heterocycles. The monoisotopic (exact) mass is 400 g/mol. The lowest BCUT2D eigenvalue weighted by Crippen LogP contribution is -2.16. The second-order valence-electron chi connectivity index (χ2n) is 5.15. The number of carbonyl (C=O) groups excluding carboxylic acids is 1. The molecule has 0 saturated heterocycles. The maximum atomic E-state index is 11.6. The maximum Gasteiger partial charge on any atom is 0.303 e. The third-order valence-corrected chi connectivity index (χ3v) is 3.68. The van der Waals surface area contributed by atoms with Crippen molar-refractivity contribution in [2.24, 2.45) is 5.10 Å². The van der Waals surface area contributed by atoms with Crippen LogP contribution in [0.2, 0.25) is 0 Å². The number of nitrogens with one attached hydrogen (secondary N) is 1. The minimum absolute atomic E-state index is 0.0582. The first-order valence-electron chi connectivity index (χ1n) is 7.54. The molecule has 0 heterocycles. The Bertz CT molecular complexity index is 604. The van der Waals surface area contributed by atoms with Gasteiger partial charge in [0.25, 0.3) is 0 Å². The normalized spacial score (nSPS) is 10.8. The van der Waals surface area contributed by atoms with Crippen LogP contribution in [0.4, 0.5) is 0 Å². The lowest BCUT2D eigenvalue weighted by atomic mass is 10.1. The molecule has 132 valence electrons. The fourth-order valence-corrected chi connectivity index (χ4v) is 2.45. The Morgan fingerprint density at radius 2 is 1.92 bits per heavy atom. The second kappa shape index (κ2) is 10.6. The SMILES string of the molecule is COc1cc(Br)cc(/C=N/NC(=O)CCCCCCC(=O)O)c1O. The van der Waals surface area contributed by atoms with Crippen LogP contribution < -0.4 is 10.2 Å². The molecule has 1 aromatic rings. The van der Waals surface area contributed by atoms with Gasteiger partial charge in [-0.15, -0.1) is 0 Å². The fraction of sp³-hybridized carbons (Fsp3) is 0.438. The average Bonchev–Trinajstić information content (AvgIpc) is 2.53. The Hall–Kier alpha value is -2.09. The highest BCUT2D eigenvalue weighted by Crippen LogP contribution is 2.32. The predicted octanol–water partition coefficient (Wildman–Crippen LogP) is 3.04. The first kappa shape index (κ1) is 20.0. The predicted molar refractivity (Wildman–Crippen MR) is 93.4 cm³/mol. The number of ether oxygens (including phenoxy) is 1. The number of halogens is 1. The van der Waals surface area contributed by atoms with E-state index in [1.54, 1.807) is 12.1 Å². The van der Waals surface area contributed by atoms with Crippen LogP contribution in [-0.2, 0) is 9.59 Å². The molecule has 1 amide bonds. The van der Waals surface area contributed by atoms with Crippen LogP contribution in [0.1, 0.15) is 44.1 Å². The van der Waals surface area contributed by atoms with Crippen LogP contribution in [0.5, 0.6) is 11.5 Å². The molecule has 0 saturated carbocycles. The van der Waals surface area contributed by atoms with E-state index >= 15 is 0 Å². The van der Waals surface area contributed by atoms with Crippen molar-refractivity contribution in [2.75, 3.05) is 7.11 Å². The van der Waals surface area contributed by atoms with E-state index in [0.717, 1.165) is 12.8 Å². The first-order valence-corrected chi connectivity index (χ1v) is 8.33. The summed E-state index contributed by atoms with van der Waals surface area (Å²) in [6, 6.07) is 3.27. The summed E-state index contributed by atoms with van der Waals surface area (Å²) in [6.45, 7) is 0. The Balaban J connectivity index is 2.35. The summed E-state index contributed by atoms with van der Waals surface area (Å²) in [5, 5.41) is 22.3. The number of phenols is 1. The van der Waals surface area contributed by atoms with Gasteiger partial charge in [-0.05, 0) is 25.0 Å². The summed E-state index contributed by atoms with van der Waals surface area (Å²) in [4.78, 5) is 22.0. The van der Waals surface area contributed by atoms with Crippen molar-refractivity contribution in [3.8, 4) is 11.5 Å². The molecular weight excluding hydrogens is 380 g/mol. The molecule has 0 radical (unpaired) electrons. The maximum absolute atomic E-state index is 11.6. The molecule has 0 unspecified atom stereocenters. The Morgan fingerprint density at radius 1 is 1.25 bits per heavy atom. The number of unbranched alkanes of at least 4 members (excludes halogenated alkanes) is 3. The Morgan fingerprint density at radius 3 is 2.54 bits per heavy atom. The van der Waals surface area contributed by atoms with Gasteiger partial charge >= 0.3 is 5.97 Å². The van der Waals surface area contributed by atoms with Crippen molar-refractivity contribution in [2.45, 2.75) is 38.5 Å². The zero-order valence-electron chi connectivity index (χ0n) is 13.4. The van der Waals surface area contributed by atoms with E-state index < -0.39 is 5.97 Å². The van der Waals surface area contributed by atoms with Gasteiger partial charge in [0.15, 0.2) is 11.5 Å². The van der Waals surface area contributed by atoms with E-state index in [9.17, 15) is 14.7 Å². The van der Waals surface area contributed by atoms with Crippen molar-refractivity contribution in [3.63, 3.8) is 0 Å². The minimum atomic E-state index is -0.797. The molecule has 24 heavy (non-hydrogen) atoms. The third-order valence-electron chi connectivity index (χ3n) is 3.23. The second-order valence-corrected chi connectivity index (χ2v) is 6.06. The summed E-state index contributed by atoms with van der Waals surface area (Å²) in [6.07, 6.45) is 4.71. The summed E-state index contributed by atoms with van der Waals surface area (Å²) in [5.41, 5.74) is 2.81. The van der Waals surface area contributed by atoms with E-state index in [-0.39, 0.29) is 18.1 Å². The molecule has 1 rings (SSSR count). The molecule has 0 aliphatic heterocycles. The molecule has 0 bridgehead atoms. The van der Waals surface area contributed by atoms with Gasteiger partial charge in [-0.1, -0.05) is 28.8 Å². The number of aromatic hydroxyl groups is 1. The number of hydrogen-bond acceptors (Lipinski definition) is 5. The van der Waals surface area contributed by atoms with Crippen LogP contribution >= 0.6 is 15.9 Å². The molecule has 3 N–H and O–H groups in total. The van der Waals surface area contributed by atoms with Gasteiger partial charge in [0, 0.05) is 22.9 Å². The number of nitrogens with zero attached hydrogens (tertiary/aromatic N) is 1. The molecule has 7 nitrogen and oxygen atoms in total. The largest absolute Gasteiger partial charge is 0.504 e.